The van der Waals surface area contributed by atoms with Crippen molar-refractivity contribution >= 4 is 45.7 Å². The zero-order valence-electron chi connectivity index (χ0n) is 11.5. The van der Waals surface area contributed by atoms with Crippen molar-refractivity contribution in [3.8, 4) is 0 Å². The Kier molecular flexibility index (Phi) is 4.26. The molecule has 0 saturated heterocycles. The second-order valence-corrected chi connectivity index (χ2v) is 6.76. The van der Waals surface area contributed by atoms with Gasteiger partial charge in [-0.2, -0.15) is 11.3 Å². The van der Waals surface area contributed by atoms with Crippen molar-refractivity contribution in [2.45, 2.75) is 12.2 Å². The van der Waals surface area contributed by atoms with Crippen molar-refractivity contribution in [3.05, 3.63) is 46.9 Å². The minimum absolute atomic E-state index is 0.0151. The fraction of sp³-hybridized carbons (Fsp3) is 0.200. The summed E-state index contributed by atoms with van der Waals surface area (Å²) in [5.74, 6) is 1.33. The van der Waals surface area contributed by atoms with Gasteiger partial charge in [0.2, 0.25) is 5.91 Å². The van der Waals surface area contributed by atoms with Crippen molar-refractivity contribution in [1.82, 2.24) is 9.97 Å². The quantitative estimate of drug-likeness (QED) is 0.746. The first-order valence-electron chi connectivity index (χ1n) is 6.60. The van der Waals surface area contributed by atoms with Gasteiger partial charge in [0.25, 0.3) is 0 Å². The van der Waals surface area contributed by atoms with E-state index in [-0.39, 0.29) is 11.2 Å². The fourth-order valence-electron chi connectivity index (χ4n) is 1.98. The van der Waals surface area contributed by atoms with Crippen LogP contribution in [0, 0.1) is 0 Å². The highest BCUT2D eigenvalue weighted by atomic mass is 32.2. The fourth-order valence-corrected chi connectivity index (χ4v) is 3.31. The number of para-hydroxylation sites is 2. The number of imidazole rings is 1. The maximum absolute atomic E-state index is 11.9. The Morgan fingerprint density at radius 2 is 2.29 bits per heavy atom. The molecule has 3 rings (SSSR count). The van der Waals surface area contributed by atoms with Crippen LogP contribution in [0.5, 0.6) is 0 Å². The van der Waals surface area contributed by atoms with Crippen LogP contribution in [0.15, 0.2) is 41.1 Å². The largest absolute Gasteiger partial charge is 0.341 e. The highest BCUT2D eigenvalue weighted by Gasteiger charge is 2.13. The number of fused-ring (bicyclic) bond motifs is 1. The molecule has 0 bridgehead atoms. The molecule has 108 valence electrons. The zero-order valence-corrected chi connectivity index (χ0v) is 13.1. The minimum atomic E-state index is 0.0151. The van der Waals surface area contributed by atoms with Gasteiger partial charge in [-0.05, 0) is 30.5 Å². The summed E-state index contributed by atoms with van der Waals surface area (Å²) < 4.78 is 0. The third-order valence-electron chi connectivity index (χ3n) is 3.06. The van der Waals surface area contributed by atoms with Crippen molar-refractivity contribution in [1.29, 1.82) is 0 Å². The molecule has 0 unspecified atom stereocenters. The monoisotopic (exact) mass is 317 g/mol. The molecule has 0 aliphatic carbocycles. The number of aromatic nitrogens is 2. The first kappa shape index (κ1) is 14.2. The van der Waals surface area contributed by atoms with Gasteiger partial charge in [0.15, 0.2) is 0 Å². The number of thioether (sulfide) groups is 1. The number of rotatable bonds is 5. The van der Waals surface area contributed by atoms with Gasteiger partial charge in [0.05, 0.1) is 27.7 Å². The van der Waals surface area contributed by atoms with Gasteiger partial charge in [-0.25, -0.2) is 4.98 Å². The SMILES string of the molecule is C[C@@H](SCC(=O)Nc1ccsc1)c1nc2ccccc2[nH]1. The van der Waals surface area contributed by atoms with Gasteiger partial charge >= 0.3 is 0 Å². The molecule has 1 aromatic carbocycles. The predicted molar refractivity (Wildman–Crippen MR) is 89.9 cm³/mol. The number of hydrogen-bond acceptors (Lipinski definition) is 4. The highest BCUT2D eigenvalue weighted by molar-refractivity contribution is 8.00. The molecule has 3 aromatic rings. The molecule has 1 atom stereocenters. The summed E-state index contributed by atoms with van der Waals surface area (Å²) in [6.07, 6.45) is 0. The number of anilines is 1. The topological polar surface area (TPSA) is 57.8 Å². The van der Waals surface area contributed by atoms with E-state index < -0.39 is 0 Å². The Morgan fingerprint density at radius 1 is 1.43 bits per heavy atom. The number of thiophene rings is 1. The van der Waals surface area contributed by atoms with E-state index in [9.17, 15) is 4.79 Å². The van der Waals surface area contributed by atoms with Gasteiger partial charge in [-0.3, -0.25) is 4.79 Å². The van der Waals surface area contributed by atoms with Crippen LogP contribution in [0.25, 0.3) is 11.0 Å². The lowest BCUT2D eigenvalue weighted by molar-refractivity contribution is -0.113. The lowest BCUT2D eigenvalue weighted by Crippen LogP contribution is -2.14. The van der Waals surface area contributed by atoms with Gasteiger partial charge in [-0.15, -0.1) is 11.8 Å². The maximum atomic E-state index is 11.9. The van der Waals surface area contributed by atoms with E-state index in [0.717, 1.165) is 22.5 Å². The van der Waals surface area contributed by atoms with Gasteiger partial charge < -0.3 is 10.3 Å². The van der Waals surface area contributed by atoms with E-state index in [1.54, 1.807) is 23.1 Å². The number of amides is 1. The molecule has 0 spiro atoms. The van der Waals surface area contributed by atoms with Gasteiger partial charge in [0, 0.05) is 5.38 Å². The van der Waals surface area contributed by atoms with Gasteiger partial charge in [0.1, 0.15) is 5.82 Å². The van der Waals surface area contributed by atoms with E-state index in [2.05, 4.69) is 22.2 Å². The molecule has 2 N–H and O–H groups in total. The first-order valence-corrected chi connectivity index (χ1v) is 8.60. The van der Waals surface area contributed by atoms with Crippen LogP contribution in [0.3, 0.4) is 0 Å². The van der Waals surface area contributed by atoms with E-state index >= 15 is 0 Å². The van der Waals surface area contributed by atoms with Crippen molar-refractivity contribution in [2.75, 3.05) is 11.1 Å². The summed E-state index contributed by atoms with van der Waals surface area (Å²) in [7, 11) is 0. The molecule has 4 nitrogen and oxygen atoms in total. The maximum Gasteiger partial charge on any atom is 0.234 e. The van der Waals surface area contributed by atoms with Crippen molar-refractivity contribution in [3.63, 3.8) is 0 Å². The molecule has 0 fully saturated rings. The van der Waals surface area contributed by atoms with Crippen LogP contribution in [-0.2, 0) is 4.79 Å². The molecule has 0 aliphatic heterocycles. The summed E-state index contributed by atoms with van der Waals surface area (Å²) in [5.41, 5.74) is 2.85. The molecule has 21 heavy (non-hydrogen) atoms. The van der Waals surface area contributed by atoms with Crippen LogP contribution in [0.1, 0.15) is 18.0 Å². The number of carbonyl (C=O) groups is 1. The molecule has 0 radical (unpaired) electrons. The van der Waals surface area contributed by atoms with E-state index in [0.29, 0.717) is 5.75 Å². The Hall–Kier alpha value is -1.79. The molecule has 2 aromatic heterocycles. The molecule has 0 aliphatic rings. The van der Waals surface area contributed by atoms with Gasteiger partial charge in [-0.1, -0.05) is 12.1 Å². The second kappa shape index (κ2) is 6.32. The Balaban J connectivity index is 1.58. The number of aromatic amines is 1. The summed E-state index contributed by atoms with van der Waals surface area (Å²) in [4.78, 5) is 19.7. The minimum Gasteiger partial charge on any atom is -0.341 e. The van der Waals surface area contributed by atoms with E-state index in [1.807, 2.05) is 41.1 Å². The average Bonchev–Trinajstić information content (AvgIpc) is 3.13. The summed E-state index contributed by atoms with van der Waals surface area (Å²) in [6.45, 7) is 2.06. The van der Waals surface area contributed by atoms with Crippen molar-refractivity contribution < 1.29 is 4.79 Å². The number of nitrogens with zero attached hydrogens (tertiary/aromatic N) is 1. The highest BCUT2D eigenvalue weighted by Crippen LogP contribution is 2.27. The number of nitrogens with one attached hydrogen (secondary N) is 2. The molecular formula is C15H15N3OS2. The summed E-state index contributed by atoms with van der Waals surface area (Å²) in [6, 6.07) is 9.84. The normalized spacial score (nSPS) is 12.4. The zero-order chi connectivity index (χ0) is 14.7. The average molecular weight is 317 g/mol. The molecule has 2 heterocycles. The standard InChI is InChI=1S/C15H15N3OS2/c1-10(15-17-12-4-2-3-5-13(12)18-15)21-9-14(19)16-11-6-7-20-8-11/h2-8,10H,9H2,1H3,(H,16,19)(H,17,18)/t10-/m1/s1. The van der Waals surface area contributed by atoms with Crippen LogP contribution in [0.2, 0.25) is 0 Å². The number of carbonyl (C=O) groups excluding carboxylic acids is 1. The molecule has 0 saturated carbocycles. The molecule has 1 amide bonds. The van der Waals surface area contributed by atoms with E-state index in [4.69, 9.17) is 0 Å². The molecule has 6 heteroatoms. The second-order valence-electron chi connectivity index (χ2n) is 4.65. The van der Waals surface area contributed by atoms with Crippen LogP contribution >= 0.6 is 23.1 Å². The number of hydrogen-bond donors (Lipinski definition) is 2. The summed E-state index contributed by atoms with van der Waals surface area (Å²) >= 11 is 3.14. The first-order chi connectivity index (χ1) is 10.2. The Labute approximate surface area is 131 Å². The lowest BCUT2D eigenvalue weighted by Gasteiger charge is -2.08. The Bertz CT molecular complexity index is 703. The Morgan fingerprint density at radius 3 is 3.05 bits per heavy atom. The van der Waals surface area contributed by atoms with E-state index in [1.165, 1.54) is 0 Å². The third-order valence-corrected chi connectivity index (χ3v) is 4.90. The molecular weight excluding hydrogens is 302 g/mol. The number of benzene rings is 1. The third kappa shape index (κ3) is 3.46. The predicted octanol–water partition coefficient (Wildman–Crippen LogP) is 4.06. The lowest BCUT2D eigenvalue weighted by atomic mass is 10.3. The smallest absolute Gasteiger partial charge is 0.234 e. The van der Waals surface area contributed by atoms with Crippen LogP contribution in [-0.4, -0.2) is 21.6 Å². The number of H-pyrrole nitrogens is 1. The summed E-state index contributed by atoms with van der Waals surface area (Å²) in [5, 5.41) is 6.89. The van der Waals surface area contributed by atoms with Crippen molar-refractivity contribution in [2.24, 2.45) is 0 Å². The van der Waals surface area contributed by atoms with Crippen LogP contribution in [0.4, 0.5) is 5.69 Å². The van der Waals surface area contributed by atoms with Crippen LogP contribution < -0.4 is 5.32 Å².